The van der Waals surface area contributed by atoms with Gasteiger partial charge in [-0.05, 0) is 31.2 Å². The molecule has 0 aromatic heterocycles. The molecule has 2 saturated heterocycles. The molecule has 0 aliphatic carbocycles. The normalized spacial score (nSPS) is 29.2. The van der Waals surface area contributed by atoms with Crippen molar-refractivity contribution >= 4 is 0 Å². The Bertz CT molecular complexity index is 208. The number of likely N-dealkylation sites (tertiary alicyclic amines) is 1. The van der Waals surface area contributed by atoms with Crippen LogP contribution in [0.15, 0.2) is 0 Å². The maximum atomic E-state index is 5.96. The number of hydrogen-bond donors (Lipinski definition) is 0. The van der Waals surface area contributed by atoms with Crippen LogP contribution in [0.4, 0.5) is 0 Å². The van der Waals surface area contributed by atoms with Gasteiger partial charge in [0.05, 0.1) is 5.60 Å². The first-order valence-electron chi connectivity index (χ1n) is 6.74. The second-order valence-corrected chi connectivity index (χ2v) is 6.26. The summed E-state index contributed by atoms with van der Waals surface area (Å²) in [4.78, 5) is 2.35. The lowest BCUT2D eigenvalue weighted by atomic mass is 9.70. The number of rotatable bonds is 0. The summed E-state index contributed by atoms with van der Waals surface area (Å²) in [6, 6.07) is 0. The maximum absolute atomic E-state index is 5.96. The Labute approximate surface area is 101 Å². The molecule has 0 amide bonds. The van der Waals surface area contributed by atoms with Crippen molar-refractivity contribution in [3.05, 3.63) is 0 Å². The van der Waals surface area contributed by atoms with Crippen molar-refractivity contribution in [3.63, 3.8) is 0 Å². The minimum Gasteiger partial charge on any atom is -0.372 e. The Kier molecular flexibility index (Phi) is 4.42. The average Bonchev–Trinajstić information content (AvgIpc) is 2.18. The Morgan fingerprint density at radius 1 is 1.19 bits per heavy atom. The van der Waals surface area contributed by atoms with Gasteiger partial charge in [0.2, 0.25) is 0 Å². The molecular weight excluding hydrogens is 198 g/mol. The second-order valence-electron chi connectivity index (χ2n) is 6.26. The summed E-state index contributed by atoms with van der Waals surface area (Å²) < 4.78 is 5.96. The third-order valence-electron chi connectivity index (χ3n) is 3.83. The number of likely N-dealkylation sites (N-methyl/N-ethyl adjacent to an activating group) is 1. The van der Waals surface area contributed by atoms with E-state index in [1.165, 1.54) is 12.8 Å². The van der Waals surface area contributed by atoms with E-state index in [9.17, 15) is 0 Å². The quantitative estimate of drug-likeness (QED) is 0.630. The van der Waals surface area contributed by atoms with Crippen molar-refractivity contribution in [2.24, 2.45) is 11.3 Å². The van der Waals surface area contributed by atoms with Gasteiger partial charge in [-0.15, -0.1) is 0 Å². The van der Waals surface area contributed by atoms with Crippen LogP contribution in [0.25, 0.3) is 0 Å². The van der Waals surface area contributed by atoms with Gasteiger partial charge in [0, 0.05) is 19.7 Å². The monoisotopic (exact) mass is 227 g/mol. The molecule has 0 aromatic carbocycles. The summed E-state index contributed by atoms with van der Waals surface area (Å²) in [5, 5.41) is 0. The van der Waals surface area contributed by atoms with Crippen molar-refractivity contribution in [1.29, 1.82) is 0 Å². The molecule has 0 aromatic rings. The maximum Gasteiger partial charge on any atom is 0.0937 e. The molecule has 0 saturated carbocycles. The predicted octanol–water partition coefficient (Wildman–Crippen LogP) is 3.17. The zero-order valence-electron chi connectivity index (χ0n) is 12.0. The zero-order chi connectivity index (χ0) is 12.4. The molecule has 2 nitrogen and oxygen atoms in total. The van der Waals surface area contributed by atoms with Crippen molar-refractivity contribution in [2.45, 2.75) is 53.1 Å². The van der Waals surface area contributed by atoms with Gasteiger partial charge in [0.15, 0.2) is 0 Å². The van der Waals surface area contributed by atoms with Crippen LogP contribution in [-0.2, 0) is 4.74 Å². The molecule has 2 heterocycles. The third kappa shape index (κ3) is 2.98. The number of hydrogen-bond acceptors (Lipinski definition) is 2. The molecular formula is C14H29NO. The van der Waals surface area contributed by atoms with Crippen molar-refractivity contribution in [1.82, 2.24) is 4.90 Å². The molecule has 0 radical (unpaired) electrons. The highest BCUT2D eigenvalue weighted by Crippen LogP contribution is 2.43. The van der Waals surface area contributed by atoms with Crippen LogP contribution in [0.3, 0.4) is 0 Å². The summed E-state index contributed by atoms with van der Waals surface area (Å²) in [5.74, 6) is 0.838. The molecule has 2 heteroatoms. The van der Waals surface area contributed by atoms with Crippen LogP contribution < -0.4 is 0 Å². The highest BCUT2D eigenvalue weighted by Gasteiger charge is 2.47. The Morgan fingerprint density at radius 2 is 1.75 bits per heavy atom. The predicted molar refractivity (Wildman–Crippen MR) is 69.7 cm³/mol. The second kappa shape index (κ2) is 5.05. The summed E-state index contributed by atoms with van der Waals surface area (Å²) in [6.45, 7) is 14.3. The van der Waals surface area contributed by atoms with Gasteiger partial charge in [-0.25, -0.2) is 0 Å². The van der Waals surface area contributed by atoms with Gasteiger partial charge in [-0.3, -0.25) is 0 Å². The van der Waals surface area contributed by atoms with Gasteiger partial charge < -0.3 is 9.64 Å². The molecule has 2 fully saturated rings. The molecule has 2 aliphatic rings. The van der Waals surface area contributed by atoms with E-state index >= 15 is 0 Å². The topological polar surface area (TPSA) is 12.5 Å². The smallest absolute Gasteiger partial charge is 0.0937 e. The fraction of sp³-hybridized carbons (Fsp3) is 1.00. The molecule has 1 spiro atoms. The van der Waals surface area contributed by atoms with Crippen LogP contribution in [0, 0.1) is 11.3 Å². The summed E-state index contributed by atoms with van der Waals surface area (Å²) in [5.41, 5.74) is 0.676. The summed E-state index contributed by atoms with van der Waals surface area (Å²) >= 11 is 0. The van der Waals surface area contributed by atoms with Gasteiger partial charge in [-0.1, -0.05) is 34.6 Å². The molecule has 2 aliphatic heterocycles. The number of ether oxygens (including phenoxy) is 1. The van der Waals surface area contributed by atoms with Gasteiger partial charge >= 0.3 is 0 Å². The highest BCUT2D eigenvalue weighted by atomic mass is 16.5. The Morgan fingerprint density at radius 3 is 2.19 bits per heavy atom. The molecule has 16 heavy (non-hydrogen) atoms. The van der Waals surface area contributed by atoms with Crippen molar-refractivity contribution in [2.75, 3.05) is 26.7 Å². The van der Waals surface area contributed by atoms with Crippen molar-refractivity contribution < 1.29 is 4.74 Å². The number of nitrogens with zero attached hydrogens (tertiary/aromatic N) is 1. The minimum atomic E-state index is 0.227. The van der Waals surface area contributed by atoms with E-state index in [1.807, 2.05) is 13.8 Å². The molecule has 96 valence electrons. The minimum absolute atomic E-state index is 0.227. The first kappa shape index (κ1) is 14.0. The SMILES string of the molecule is CC.CN1CC2(CC(C(C)(C)C)CCO2)C1. The van der Waals surface area contributed by atoms with Crippen LogP contribution in [0.5, 0.6) is 0 Å². The molecule has 0 bridgehead atoms. The van der Waals surface area contributed by atoms with E-state index in [-0.39, 0.29) is 5.60 Å². The Balaban J connectivity index is 0.000000606. The van der Waals surface area contributed by atoms with Crippen LogP contribution in [0.2, 0.25) is 0 Å². The lowest BCUT2D eigenvalue weighted by Gasteiger charge is -2.54. The van der Waals surface area contributed by atoms with Gasteiger partial charge in [0.25, 0.3) is 0 Å². The van der Waals surface area contributed by atoms with E-state index in [2.05, 4.69) is 32.7 Å². The lowest BCUT2D eigenvalue weighted by molar-refractivity contribution is -0.181. The van der Waals surface area contributed by atoms with Gasteiger partial charge in [-0.2, -0.15) is 0 Å². The molecule has 1 atom stereocenters. The van der Waals surface area contributed by atoms with Crippen LogP contribution in [-0.4, -0.2) is 37.2 Å². The van der Waals surface area contributed by atoms with Crippen LogP contribution in [0.1, 0.15) is 47.5 Å². The summed E-state index contributed by atoms with van der Waals surface area (Å²) in [7, 11) is 2.18. The largest absolute Gasteiger partial charge is 0.372 e. The molecule has 1 unspecified atom stereocenters. The summed E-state index contributed by atoms with van der Waals surface area (Å²) in [6.07, 6.45) is 2.51. The first-order valence-corrected chi connectivity index (χ1v) is 6.74. The van der Waals surface area contributed by atoms with E-state index in [0.29, 0.717) is 5.41 Å². The zero-order valence-corrected chi connectivity index (χ0v) is 12.0. The Hall–Kier alpha value is -0.0800. The van der Waals surface area contributed by atoms with E-state index in [1.54, 1.807) is 0 Å². The standard InChI is InChI=1S/C12H23NO.C2H6/c1-11(2,3)10-5-6-14-12(7-10)8-13(4)9-12;1-2/h10H,5-9H2,1-4H3;1-2H3. The first-order chi connectivity index (χ1) is 7.41. The van der Waals surface area contributed by atoms with E-state index in [4.69, 9.17) is 4.74 Å². The fourth-order valence-corrected chi connectivity index (χ4v) is 2.92. The van der Waals surface area contributed by atoms with Crippen LogP contribution >= 0.6 is 0 Å². The third-order valence-corrected chi connectivity index (χ3v) is 3.83. The van der Waals surface area contributed by atoms with Gasteiger partial charge in [0.1, 0.15) is 0 Å². The molecule has 2 rings (SSSR count). The highest BCUT2D eigenvalue weighted by molar-refractivity contribution is 5.00. The van der Waals surface area contributed by atoms with Crippen molar-refractivity contribution in [3.8, 4) is 0 Å². The fourth-order valence-electron chi connectivity index (χ4n) is 2.92. The average molecular weight is 227 g/mol. The van der Waals surface area contributed by atoms with E-state index in [0.717, 1.165) is 25.6 Å². The molecule has 0 N–H and O–H groups in total. The lowest BCUT2D eigenvalue weighted by Crippen LogP contribution is -2.64. The van der Waals surface area contributed by atoms with E-state index < -0.39 is 0 Å².